The number of aliphatic hydroxyl groups is 5. The largest absolute Gasteiger partial charge is 0.396 e. The quantitative estimate of drug-likeness (QED) is 0.394. The highest BCUT2D eigenvalue weighted by atomic mass is 16.3. The minimum Gasteiger partial charge on any atom is -0.396 e. The molecule has 0 aliphatic heterocycles. The van der Waals surface area contributed by atoms with E-state index in [1.807, 2.05) is 0 Å². The van der Waals surface area contributed by atoms with E-state index in [1.54, 1.807) is 0 Å². The molecule has 4 rings (SSSR count). The van der Waals surface area contributed by atoms with Crippen LogP contribution in [0.1, 0.15) is 78.6 Å². The minimum absolute atomic E-state index is 0.0253. The number of fused-ring (bicyclic) bond motifs is 5. The highest BCUT2D eigenvalue weighted by molar-refractivity contribution is 5.87. The number of carbonyl (C=O) groups excluding carboxylic acids is 1. The van der Waals surface area contributed by atoms with Gasteiger partial charge in [0.05, 0.1) is 31.5 Å². The molecule has 4 aliphatic carbocycles. The molecule has 190 valence electrons. The van der Waals surface area contributed by atoms with Crippen LogP contribution in [-0.2, 0) is 4.79 Å². The lowest BCUT2D eigenvalue weighted by molar-refractivity contribution is -0.181. The molecule has 0 amide bonds. The first kappa shape index (κ1) is 25.6. The third kappa shape index (κ3) is 4.12. The lowest BCUT2D eigenvalue weighted by atomic mass is 9.43. The number of carbonyl (C=O) groups is 1. The minimum atomic E-state index is -0.738. The van der Waals surface area contributed by atoms with Crippen LogP contribution < -0.4 is 0 Å². The lowest BCUT2D eigenvalue weighted by Gasteiger charge is -2.61. The van der Waals surface area contributed by atoms with E-state index in [0.717, 1.165) is 44.9 Å². The Morgan fingerprint density at radius 3 is 2.36 bits per heavy atom. The van der Waals surface area contributed by atoms with Crippen molar-refractivity contribution in [3.8, 4) is 0 Å². The van der Waals surface area contributed by atoms with Crippen molar-refractivity contribution < 1.29 is 30.3 Å². The fraction of sp³-hybridized carbons (Fsp3) is 0.963. The average molecular weight is 467 g/mol. The van der Waals surface area contributed by atoms with Crippen molar-refractivity contribution >= 4 is 5.78 Å². The topological polar surface area (TPSA) is 118 Å². The summed E-state index contributed by atoms with van der Waals surface area (Å²) < 4.78 is 0. The Bertz CT molecular complexity index is 709. The molecule has 0 radical (unpaired) electrons. The van der Waals surface area contributed by atoms with Gasteiger partial charge in [-0.2, -0.15) is 0 Å². The van der Waals surface area contributed by atoms with Gasteiger partial charge in [0.2, 0.25) is 0 Å². The summed E-state index contributed by atoms with van der Waals surface area (Å²) in [6, 6.07) is 0. The second-order valence-corrected chi connectivity index (χ2v) is 12.6. The molecule has 4 fully saturated rings. The molecule has 33 heavy (non-hydrogen) atoms. The molecule has 0 aromatic carbocycles. The zero-order valence-corrected chi connectivity index (χ0v) is 20.7. The molecular formula is C27H46O6. The van der Waals surface area contributed by atoms with E-state index in [0.29, 0.717) is 24.5 Å². The number of ketones is 1. The zero-order valence-electron chi connectivity index (χ0n) is 20.7. The van der Waals surface area contributed by atoms with Crippen molar-refractivity contribution in [2.75, 3.05) is 13.2 Å². The fourth-order valence-corrected chi connectivity index (χ4v) is 9.03. The summed E-state index contributed by atoms with van der Waals surface area (Å²) in [6.45, 7) is 6.18. The highest BCUT2D eigenvalue weighted by Gasteiger charge is 2.65. The van der Waals surface area contributed by atoms with Gasteiger partial charge in [-0.25, -0.2) is 0 Å². The molecular weight excluding hydrogens is 420 g/mol. The van der Waals surface area contributed by atoms with Crippen molar-refractivity contribution in [3.63, 3.8) is 0 Å². The summed E-state index contributed by atoms with van der Waals surface area (Å²) in [5.41, 5.74) is -0.408. The van der Waals surface area contributed by atoms with Crippen molar-refractivity contribution in [1.82, 2.24) is 0 Å². The second-order valence-electron chi connectivity index (χ2n) is 12.6. The lowest BCUT2D eigenvalue weighted by Crippen LogP contribution is -2.61. The molecule has 0 spiro atoms. The summed E-state index contributed by atoms with van der Waals surface area (Å²) in [6.07, 6.45) is 5.56. The normalized spacial score (nSPS) is 47.1. The Labute approximate surface area is 198 Å². The van der Waals surface area contributed by atoms with Gasteiger partial charge in [-0.3, -0.25) is 4.79 Å². The average Bonchev–Trinajstić information content (AvgIpc) is 3.13. The summed E-state index contributed by atoms with van der Waals surface area (Å²) >= 11 is 0. The van der Waals surface area contributed by atoms with Crippen LogP contribution in [0, 0.1) is 52.3 Å². The van der Waals surface area contributed by atoms with E-state index in [4.69, 9.17) is 0 Å². The predicted molar refractivity (Wildman–Crippen MR) is 125 cm³/mol. The van der Waals surface area contributed by atoms with Crippen LogP contribution in [0.25, 0.3) is 0 Å². The van der Waals surface area contributed by atoms with Gasteiger partial charge < -0.3 is 25.5 Å². The number of aliphatic hydroxyl groups excluding tert-OH is 5. The van der Waals surface area contributed by atoms with E-state index < -0.39 is 23.5 Å². The molecule has 0 unspecified atom stereocenters. The van der Waals surface area contributed by atoms with E-state index in [9.17, 15) is 30.3 Å². The van der Waals surface area contributed by atoms with Crippen LogP contribution in [0.5, 0.6) is 0 Å². The molecule has 6 nitrogen and oxygen atoms in total. The van der Waals surface area contributed by atoms with E-state index in [2.05, 4.69) is 20.8 Å². The van der Waals surface area contributed by atoms with Gasteiger partial charge in [0.25, 0.3) is 0 Å². The Hall–Kier alpha value is -0.530. The molecule has 0 aromatic heterocycles. The zero-order chi connectivity index (χ0) is 24.1. The van der Waals surface area contributed by atoms with Gasteiger partial charge in [-0.05, 0) is 92.3 Å². The summed E-state index contributed by atoms with van der Waals surface area (Å²) in [5, 5.41) is 50.6. The molecule has 4 aliphatic rings. The first-order valence-corrected chi connectivity index (χ1v) is 13.4. The second kappa shape index (κ2) is 9.50. The van der Waals surface area contributed by atoms with Crippen molar-refractivity contribution in [3.05, 3.63) is 0 Å². The third-order valence-corrected chi connectivity index (χ3v) is 11.2. The molecule has 0 saturated heterocycles. The number of hydrogen-bond donors (Lipinski definition) is 5. The monoisotopic (exact) mass is 466 g/mol. The first-order valence-electron chi connectivity index (χ1n) is 13.4. The van der Waals surface area contributed by atoms with Gasteiger partial charge >= 0.3 is 0 Å². The van der Waals surface area contributed by atoms with E-state index in [1.165, 1.54) is 0 Å². The van der Waals surface area contributed by atoms with Crippen LogP contribution in [-0.4, -0.2) is 62.8 Å². The maximum atomic E-state index is 13.8. The van der Waals surface area contributed by atoms with Gasteiger partial charge in [-0.1, -0.05) is 20.8 Å². The van der Waals surface area contributed by atoms with Gasteiger partial charge in [0.1, 0.15) is 5.78 Å². The number of rotatable bonds is 7. The smallest absolute Gasteiger partial charge is 0.139 e. The van der Waals surface area contributed by atoms with Crippen LogP contribution in [0.15, 0.2) is 0 Å². The number of Topliss-reactive ketones (excluding diaryl/α,β-unsaturated/α-hetero) is 1. The van der Waals surface area contributed by atoms with Crippen LogP contribution >= 0.6 is 0 Å². The molecule has 6 heteroatoms. The van der Waals surface area contributed by atoms with Crippen LogP contribution in [0.3, 0.4) is 0 Å². The first-order chi connectivity index (χ1) is 15.6. The predicted octanol–water partition coefficient (Wildman–Crippen LogP) is 2.53. The number of hydrogen-bond acceptors (Lipinski definition) is 6. The van der Waals surface area contributed by atoms with Crippen molar-refractivity contribution in [2.45, 2.75) is 96.9 Å². The molecule has 0 bridgehead atoms. The Morgan fingerprint density at radius 1 is 1.00 bits per heavy atom. The Balaban J connectivity index is 1.52. The highest BCUT2D eigenvalue weighted by Crippen LogP contribution is 2.67. The van der Waals surface area contributed by atoms with E-state index in [-0.39, 0.29) is 54.3 Å². The SMILES string of the molecule is C[C@H](CC[C@@H](O)C(CO)CO)[C@H]1CC[C@H]2[C@@H]3[C@H](O)C[C@@H]4C[C@H](O)CC[C@]4(C)[C@H]3CC(=O)[C@]12C. The summed E-state index contributed by atoms with van der Waals surface area (Å²) in [5.74, 6) is 1.17. The third-order valence-electron chi connectivity index (χ3n) is 11.2. The molecule has 0 heterocycles. The molecule has 0 aromatic rings. The Kier molecular flexibility index (Phi) is 7.35. The fourth-order valence-electron chi connectivity index (χ4n) is 9.03. The van der Waals surface area contributed by atoms with Crippen molar-refractivity contribution in [2.24, 2.45) is 52.3 Å². The summed E-state index contributed by atoms with van der Waals surface area (Å²) in [7, 11) is 0. The maximum absolute atomic E-state index is 13.8. The molecule has 4 saturated carbocycles. The van der Waals surface area contributed by atoms with Crippen LogP contribution in [0.4, 0.5) is 0 Å². The van der Waals surface area contributed by atoms with Crippen LogP contribution in [0.2, 0.25) is 0 Å². The van der Waals surface area contributed by atoms with Gasteiger partial charge in [-0.15, -0.1) is 0 Å². The van der Waals surface area contributed by atoms with Gasteiger partial charge in [0.15, 0.2) is 0 Å². The standard InChI is InChI=1S/C27H46O6/c1-15(4-7-22(31)16(13-28)14-29)19-5-6-20-25-21(12-24(33)27(19,20)3)26(2)9-8-18(30)10-17(26)11-23(25)32/h15-23,25,28-32H,4-14H2,1-3H3/t15-,17+,18-,19-,20+,21+,22-,23-,25+,26+,27-/m1/s1. The summed E-state index contributed by atoms with van der Waals surface area (Å²) in [4.78, 5) is 13.8. The Morgan fingerprint density at radius 2 is 1.70 bits per heavy atom. The maximum Gasteiger partial charge on any atom is 0.139 e. The molecule has 11 atom stereocenters. The van der Waals surface area contributed by atoms with Gasteiger partial charge in [0, 0.05) is 17.8 Å². The van der Waals surface area contributed by atoms with E-state index >= 15 is 0 Å². The van der Waals surface area contributed by atoms with Crippen molar-refractivity contribution in [1.29, 1.82) is 0 Å². The molecule has 5 N–H and O–H groups in total.